The molecule has 0 amide bonds. The Kier molecular flexibility index (Phi) is 2.97. The van der Waals surface area contributed by atoms with Crippen LogP contribution in [0.25, 0.3) is 22.4 Å². The highest BCUT2D eigenvalue weighted by atomic mass is 16.3. The Labute approximate surface area is 118 Å². The molecule has 0 spiro atoms. The van der Waals surface area contributed by atoms with Gasteiger partial charge in [0, 0.05) is 12.1 Å². The average Bonchev–Trinajstić information content (AvgIpc) is 2.75. The Balaban J connectivity index is 2.30. The third kappa shape index (κ3) is 1.95. The molecule has 1 aromatic heterocycles. The van der Waals surface area contributed by atoms with E-state index in [2.05, 4.69) is 36.6 Å². The minimum Gasteiger partial charge on any atom is -0.508 e. The molecule has 0 bridgehead atoms. The monoisotopic (exact) mass is 266 g/mol. The lowest BCUT2D eigenvalue weighted by Crippen LogP contribution is -1.98. The smallest absolute Gasteiger partial charge is 0.141 e. The molecule has 3 heteroatoms. The molecule has 1 N–H and O–H groups in total. The van der Waals surface area contributed by atoms with Crippen molar-refractivity contribution >= 4 is 11.0 Å². The Hall–Kier alpha value is -2.29. The normalized spacial score (nSPS) is 11.2. The van der Waals surface area contributed by atoms with E-state index < -0.39 is 0 Å². The van der Waals surface area contributed by atoms with Crippen LogP contribution in [0, 0.1) is 13.8 Å². The van der Waals surface area contributed by atoms with E-state index in [9.17, 15) is 5.11 Å². The van der Waals surface area contributed by atoms with Gasteiger partial charge in [0.2, 0.25) is 0 Å². The number of aryl methyl sites for hydroxylation is 3. The second kappa shape index (κ2) is 4.67. The number of hydrogen-bond acceptors (Lipinski definition) is 2. The largest absolute Gasteiger partial charge is 0.508 e. The molecule has 2 aromatic carbocycles. The molecule has 0 unspecified atom stereocenters. The summed E-state index contributed by atoms with van der Waals surface area (Å²) in [6.07, 6.45) is 0. The predicted octanol–water partition coefficient (Wildman–Crippen LogP) is 4.05. The van der Waals surface area contributed by atoms with E-state index in [0.717, 1.165) is 34.5 Å². The molecule has 20 heavy (non-hydrogen) atoms. The Morgan fingerprint density at radius 2 is 1.90 bits per heavy atom. The number of phenols is 1. The summed E-state index contributed by atoms with van der Waals surface area (Å²) in [7, 11) is 0. The van der Waals surface area contributed by atoms with Crippen LogP contribution in [0.5, 0.6) is 5.75 Å². The molecule has 0 aliphatic heterocycles. The van der Waals surface area contributed by atoms with E-state index in [4.69, 9.17) is 4.98 Å². The SMILES string of the molecule is CCn1c(-c2ccc(O)cc2C)nc2cc(C)ccc21. The summed E-state index contributed by atoms with van der Waals surface area (Å²) >= 11 is 0. The van der Waals surface area contributed by atoms with Crippen LogP contribution >= 0.6 is 0 Å². The maximum absolute atomic E-state index is 9.56. The zero-order valence-corrected chi connectivity index (χ0v) is 12.0. The fourth-order valence-electron chi connectivity index (χ4n) is 2.66. The molecule has 1 heterocycles. The standard InChI is InChI=1S/C17H18N2O/c1-4-19-16-8-5-11(2)9-15(16)18-17(19)14-7-6-13(20)10-12(14)3/h5-10,20H,4H2,1-3H3. The van der Waals surface area contributed by atoms with E-state index >= 15 is 0 Å². The number of imidazole rings is 1. The van der Waals surface area contributed by atoms with Crippen molar-refractivity contribution in [3.05, 3.63) is 47.5 Å². The van der Waals surface area contributed by atoms with Gasteiger partial charge in [0.1, 0.15) is 11.6 Å². The van der Waals surface area contributed by atoms with Crippen LogP contribution < -0.4 is 0 Å². The molecule has 0 fully saturated rings. The van der Waals surface area contributed by atoms with E-state index in [1.54, 1.807) is 12.1 Å². The highest BCUT2D eigenvalue weighted by Crippen LogP contribution is 2.29. The third-order valence-electron chi connectivity index (χ3n) is 3.67. The van der Waals surface area contributed by atoms with Crippen LogP contribution in [-0.2, 0) is 6.54 Å². The molecule has 3 nitrogen and oxygen atoms in total. The molecular formula is C17H18N2O. The summed E-state index contributed by atoms with van der Waals surface area (Å²) in [6.45, 7) is 7.07. The van der Waals surface area contributed by atoms with Crippen LogP contribution in [0.1, 0.15) is 18.1 Å². The van der Waals surface area contributed by atoms with Crippen molar-refractivity contribution in [2.75, 3.05) is 0 Å². The first kappa shape index (κ1) is 12.7. The number of rotatable bonds is 2. The predicted molar refractivity (Wildman–Crippen MR) is 82.0 cm³/mol. The van der Waals surface area contributed by atoms with Crippen LogP contribution in [0.3, 0.4) is 0 Å². The Morgan fingerprint density at radius 3 is 2.60 bits per heavy atom. The molecule has 3 rings (SSSR count). The first-order chi connectivity index (χ1) is 9.60. The van der Waals surface area contributed by atoms with Gasteiger partial charge in [-0.15, -0.1) is 0 Å². The van der Waals surface area contributed by atoms with Crippen molar-refractivity contribution in [1.29, 1.82) is 0 Å². The van der Waals surface area contributed by atoms with E-state index in [-0.39, 0.29) is 0 Å². The molecule has 0 radical (unpaired) electrons. The van der Waals surface area contributed by atoms with E-state index in [0.29, 0.717) is 5.75 Å². The van der Waals surface area contributed by atoms with Gasteiger partial charge in [-0.05, 0) is 62.2 Å². The Morgan fingerprint density at radius 1 is 1.10 bits per heavy atom. The molecule has 0 aliphatic carbocycles. The van der Waals surface area contributed by atoms with Gasteiger partial charge in [-0.25, -0.2) is 4.98 Å². The number of benzene rings is 2. The van der Waals surface area contributed by atoms with Crippen molar-refractivity contribution < 1.29 is 5.11 Å². The maximum atomic E-state index is 9.56. The van der Waals surface area contributed by atoms with Gasteiger partial charge in [-0.3, -0.25) is 0 Å². The molecule has 102 valence electrons. The summed E-state index contributed by atoms with van der Waals surface area (Å²) in [5.74, 6) is 1.26. The van der Waals surface area contributed by atoms with Crippen LogP contribution in [0.4, 0.5) is 0 Å². The van der Waals surface area contributed by atoms with Gasteiger partial charge in [0.25, 0.3) is 0 Å². The fourth-order valence-corrected chi connectivity index (χ4v) is 2.66. The lowest BCUT2D eigenvalue weighted by Gasteiger charge is -2.09. The Bertz CT molecular complexity index is 787. The van der Waals surface area contributed by atoms with Gasteiger partial charge < -0.3 is 9.67 Å². The van der Waals surface area contributed by atoms with Gasteiger partial charge in [-0.1, -0.05) is 6.07 Å². The van der Waals surface area contributed by atoms with Crippen molar-refractivity contribution in [2.45, 2.75) is 27.3 Å². The quantitative estimate of drug-likeness (QED) is 0.760. The van der Waals surface area contributed by atoms with Gasteiger partial charge >= 0.3 is 0 Å². The molecule has 0 saturated carbocycles. The van der Waals surface area contributed by atoms with Crippen LogP contribution in [0.15, 0.2) is 36.4 Å². The molecular weight excluding hydrogens is 248 g/mol. The number of nitrogens with zero attached hydrogens (tertiary/aromatic N) is 2. The van der Waals surface area contributed by atoms with Crippen LogP contribution in [0.2, 0.25) is 0 Å². The summed E-state index contributed by atoms with van der Waals surface area (Å²) in [5, 5.41) is 9.56. The van der Waals surface area contributed by atoms with Crippen LogP contribution in [-0.4, -0.2) is 14.7 Å². The first-order valence-electron chi connectivity index (χ1n) is 6.87. The average molecular weight is 266 g/mol. The van der Waals surface area contributed by atoms with E-state index in [1.165, 1.54) is 5.56 Å². The summed E-state index contributed by atoms with van der Waals surface area (Å²) < 4.78 is 2.22. The fraction of sp³-hybridized carbons (Fsp3) is 0.235. The van der Waals surface area contributed by atoms with Crippen molar-refractivity contribution in [2.24, 2.45) is 0 Å². The molecule has 0 atom stereocenters. The molecule has 0 saturated heterocycles. The van der Waals surface area contributed by atoms with Gasteiger partial charge in [0.05, 0.1) is 11.0 Å². The molecule has 0 aliphatic rings. The third-order valence-corrected chi connectivity index (χ3v) is 3.67. The molecule has 3 aromatic rings. The number of hydrogen-bond donors (Lipinski definition) is 1. The summed E-state index contributed by atoms with van der Waals surface area (Å²) in [4.78, 5) is 4.79. The lowest BCUT2D eigenvalue weighted by molar-refractivity contribution is 0.475. The summed E-state index contributed by atoms with van der Waals surface area (Å²) in [5.41, 5.74) is 5.49. The maximum Gasteiger partial charge on any atom is 0.141 e. The second-order valence-electron chi connectivity index (χ2n) is 5.17. The lowest BCUT2D eigenvalue weighted by atomic mass is 10.1. The van der Waals surface area contributed by atoms with E-state index in [1.807, 2.05) is 13.0 Å². The van der Waals surface area contributed by atoms with Gasteiger partial charge in [-0.2, -0.15) is 0 Å². The zero-order valence-electron chi connectivity index (χ0n) is 12.0. The van der Waals surface area contributed by atoms with Gasteiger partial charge in [0.15, 0.2) is 0 Å². The highest BCUT2D eigenvalue weighted by Gasteiger charge is 2.13. The number of aromatic nitrogens is 2. The highest BCUT2D eigenvalue weighted by molar-refractivity contribution is 5.82. The first-order valence-corrected chi connectivity index (χ1v) is 6.87. The minimum atomic E-state index is 0.293. The topological polar surface area (TPSA) is 38.0 Å². The van der Waals surface area contributed by atoms with Crippen molar-refractivity contribution in [1.82, 2.24) is 9.55 Å². The van der Waals surface area contributed by atoms with Crippen molar-refractivity contribution in [3.8, 4) is 17.1 Å². The second-order valence-corrected chi connectivity index (χ2v) is 5.17. The zero-order chi connectivity index (χ0) is 14.3. The minimum absolute atomic E-state index is 0.293. The number of fused-ring (bicyclic) bond motifs is 1. The van der Waals surface area contributed by atoms with Crippen molar-refractivity contribution in [3.63, 3.8) is 0 Å². The number of phenolic OH excluding ortho intramolecular Hbond substituents is 1. The number of aromatic hydroxyl groups is 1. The summed E-state index contributed by atoms with van der Waals surface area (Å²) in [6, 6.07) is 11.8.